The van der Waals surface area contributed by atoms with Crippen LogP contribution >= 0.6 is 0 Å². The maximum Gasteiger partial charge on any atom is 0.417 e. The summed E-state index contributed by atoms with van der Waals surface area (Å²) in [6.45, 7) is 1.91. The van der Waals surface area contributed by atoms with E-state index in [9.17, 15) is 31.5 Å². The first-order valence-corrected chi connectivity index (χ1v) is 9.57. The lowest BCUT2D eigenvalue weighted by atomic mass is 9.77. The number of anilines is 1. The third-order valence-corrected chi connectivity index (χ3v) is 5.76. The zero-order valence-corrected chi connectivity index (χ0v) is 17.6. The van der Waals surface area contributed by atoms with Gasteiger partial charge in [0.2, 0.25) is 5.82 Å². The normalized spacial score (nSPS) is 25.5. The predicted octanol–water partition coefficient (Wildman–Crippen LogP) is 3.55. The third kappa shape index (κ3) is 4.22. The summed E-state index contributed by atoms with van der Waals surface area (Å²) in [6, 6.07) is 2.32. The van der Waals surface area contributed by atoms with Crippen LogP contribution in [-0.4, -0.2) is 41.8 Å². The van der Waals surface area contributed by atoms with Gasteiger partial charge >= 0.3 is 6.18 Å². The highest BCUT2D eigenvalue weighted by molar-refractivity contribution is 5.97. The number of carbonyl (C=O) groups is 2. The topological polar surface area (TPSA) is 104 Å². The van der Waals surface area contributed by atoms with Crippen LogP contribution in [0.2, 0.25) is 0 Å². The van der Waals surface area contributed by atoms with Crippen LogP contribution in [0.4, 0.5) is 27.6 Å². The zero-order chi connectivity index (χ0) is 25.6. The summed E-state index contributed by atoms with van der Waals surface area (Å²) in [5.74, 6) is -8.43. The van der Waals surface area contributed by atoms with Gasteiger partial charge in [-0.05, 0) is 25.1 Å². The molecule has 7 nitrogen and oxygen atoms in total. The number of benzene rings is 1. The summed E-state index contributed by atoms with van der Waals surface area (Å²) >= 11 is 0. The van der Waals surface area contributed by atoms with Crippen LogP contribution in [-0.2, 0) is 9.53 Å². The largest absolute Gasteiger partial charge is 0.493 e. The number of primary amides is 1. The second-order valence-corrected chi connectivity index (χ2v) is 7.63. The standard InChI is InChI=1S/C21H20F5N3O4/c1-9-14(11-4-5-12(22)15(23)16(11)32-3)17(33-20(9,2)21(24,25)26)19(31)29-10-6-7-28-13(8-10)18(27)30/h4-9,14,17H,1-3H3,(H2,27,30)(H,28,29,31)/t9-,14+,17-,20+/m0/s1/i8D. The number of nitrogens with zero attached hydrogens (tertiary/aromatic N) is 1. The van der Waals surface area contributed by atoms with Crippen molar-refractivity contribution in [2.24, 2.45) is 11.7 Å². The summed E-state index contributed by atoms with van der Waals surface area (Å²) in [5, 5.41) is 2.25. The fraction of sp³-hybridized carbons (Fsp3) is 0.381. The Bertz CT molecular complexity index is 1150. The van der Waals surface area contributed by atoms with Crippen LogP contribution in [0.3, 0.4) is 0 Å². The Kier molecular flexibility index (Phi) is 5.95. The number of nitrogens with two attached hydrogens (primary N) is 1. The van der Waals surface area contributed by atoms with Crippen LogP contribution in [0.15, 0.2) is 30.4 Å². The number of aromatic nitrogens is 1. The van der Waals surface area contributed by atoms with Gasteiger partial charge in [0.05, 0.1) is 8.48 Å². The molecule has 1 saturated heterocycles. The minimum Gasteiger partial charge on any atom is -0.493 e. The van der Waals surface area contributed by atoms with Crippen molar-refractivity contribution < 1.29 is 42.4 Å². The van der Waals surface area contributed by atoms with Crippen molar-refractivity contribution in [3.63, 3.8) is 0 Å². The second-order valence-electron chi connectivity index (χ2n) is 7.63. The molecule has 2 heterocycles. The van der Waals surface area contributed by atoms with Crippen molar-refractivity contribution >= 4 is 17.5 Å². The number of hydrogen-bond donors (Lipinski definition) is 2. The average Bonchev–Trinajstić information content (AvgIpc) is 3.03. The number of nitrogens with one attached hydrogen (secondary N) is 1. The van der Waals surface area contributed by atoms with Gasteiger partial charge in [-0.2, -0.15) is 17.6 Å². The highest BCUT2D eigenvalue weighted by atomic mass is 19.4. The molecule has 1 aromatic carbocycles. The van der Waals surface area contributed by atoms with Crippen LogP contribution in [0.5, 0.6) is 5.75 Å². The smallest absolute Gasteiger partial charge is 0.417 e. The van der Waals surface area contributed by atoms with Gasteiger partial charge in [0.25, 0.3) is 11.8 Å². The van der Waals surface area contributed by atoms with E-state index < -0.39 is 70.7 Å². The molecule has 0 bridgehead atoms. The van der Waals surface area contributed by atoms with Crippen LogP contribution in [0, 0.1) is 17.6 Å². The molecule has 0 spiro atoms. The minimum absolute atomic E-state index is 0.208. The van der Waals surface area contributed by atoms with Crippen molar-refractivity contribution in [2.45, 2.75) is 37.6 Å². The van der Waals surface area contributed by atoms with Gasteiger partial charge in [-0.25, -0.2) is 4.39 Å². The first kappa shape index (κ1) is 22.9. The van der Waals surface area contributed by atoms with E-state index in [1.165, 1.54) is 6.92 Å². The van der Waals surface area contributed by atoms with Gasteiger partial charge in [-0.1, -0.05) is 13.0 Å². The molecule has 33 heavy (non-hydrogen) atoms. The molecule has 0 aliphatic carbocycles. The van der Waals surface area contributed by atoms with Gasteiger partial charge in [0, 0.05) is 29.3 Å². The molecule has 12 heteroatoms. The van der Waals surface area contributed by atoms with Crippen molar-refractivity contribution in [2.75, 3.05) is 12.4 Å². The molecule has 1 aliphatic rings. The SMILES string of the molecule is [2H]c1c(NC(=O)[C@H]2O[C@@](C)(C(F)(F)F)[C@@H](C)[C@@H]2c2ccc(F)c(F)c2OC)ccnc1C(N)=O. The Labute approximate surface area is 186 Å². The monoisotopic (exact) mass is 474 g/mol. The molecular weight excluding hydrogens is 453 g/mol. The summed E-state index contributed by atoms with van der Waals surface area (Å²) in [7, 11) is 1.01. The molecule has 178 valence electrons. The fourth-order valence-corrected chi connectivity index (χ4v) is 3.83. The zero-order valence-electron chi connectivity index (χ0n) is 18.6. The molecule has 0 unspecified atom stereocenters. The first-order valence-electron chi connectivity index (χ1n) is 10.1. The number of pyridine rings is 1. The maximum absolute atomic E-state index is 14.4. The van der Waals surface area contributed by atoms with Gasteiger partial charge in [-0.3, -0.25) is 14.6 Å². The van der Waals surface area contributed by atoms with Crippen molar-refractivity contribution in [3.05, 3.63) is 53.3 Å². The lowest BCUT2D eigenvalue weighted by Crippen LogP contribution is -2.47. The molecule has 1 aliphatic heterocycles. The number of methoxy groups -OCH3 is 1. The molecule has 2 aromatic rings. The minimum atomic E-state index is -4.93. The van der Waals surface area contributed by atoms with E-state index in [-0.39, 0.29) is 11.3 Å². The van der Waals surface area contributed by atoms with Gasteiger partial charge in [-0.15, -0.1) is 0 Å². The van der Waals surface area contributed by atoms with E-state index in [1.54, 1.807) is 0 Å². The second kappa shape index (κ2) is 8.58. The fourth-order valence-electron chi connectivity index (χ4n) is 3.83. The molecule has 3 N–H and O–H groups in total. The highest BCUT2D eigenvalue weighted by Crippen LogP contribution is 2.55. The molecule has 2 amide bonds. The Morgan fingerprint density at radius 2 is 1.97 bits per heavy atom. The predicted molar refractivity (Wildman–Crippen MR) is 106 cm³/mol. The quantitative estimate of drug-likeness (QED) is 0.646. The highest BCUT2D eigenvalue weighted by Gasteiger charge is 2.65. The molecule has 0 saturated carbocycles. The number of halogens is 5. The van der Waals surface area contributed by atoms with Gasteiger partial charge in [0.1, 0.15) is 11.8 Å². The number of ether oxygens (including phenoxy) is 2. The van der Waals surface area contributed by atoms with Crippen LogP contribution < -0.4 is 15.8 Å². The van der Waals surface area contributed by atoms with Crippen molar-refractivity contribution in [3.8, 4) is 5.75 Å². The summed E-state index contributed by atoms with van der Waals surface area (Å²) in [4.78, 5) is 28.2. The number of hydrogen-bond acceptors (Lipinski definition) is 5. The lowest BCUT2D eigenvalue weighted by Gasteiger charge is -2.32. The number of carbonyl (C=O) groups excluding carboxylic acids is 2. The number of amides is 2. The molecule has 1 aromatic heterocycles. The molecular formula is C21H20F5N3O4. The molecule has 0 radical (unpaired) electrons. The van der Waals surface area contributed by atoms with E-state index in [0.717, 1.165) is 32.4 Å². The van der Waals surface area contributed by atoms with Crippen LogP contribution in [0.1, 0.15) is 37.2 Å². The number of alkyl halides is 3. The maximum atomic E-state index is 14.4. The van der Waals surface area contributed by atoms with E-state index in [4.69, 9.17) is 16.6 Å². The van der Waals surface area contributed by atoms with E-state index >= 15 is 0 Å². The lowest BCUT2D eigenvalue weighted by molar-refractivity contribution is -0.272. The Hall–Kier alpha value is -3.28. The first-order chi connectivity index (χ1) is 15.7. The van der Waals surface area contributed by atoms with E-state index in [1.807, 2.05) is 0 Å². The summed E-state index contributed by atoms with van der Waals surface area (Å²) in [6.07, 6.45) is -5.71. The van der Waals surface area contributed by atoms with Gasteiger partial charge in [0.15, 0.2) is 17.2 Å². The Balaban J connectivity index is 2.11. The molecule has 1 fully saturated rings. The summed E-state index contributed by atoms with van der Waals surface area (Å²) < 4.78 is 88.2. The van der Waals surface area contributed by atoms with Gasteiger partial charge < -0.3 is 20.5 Å². The van der Waals surface area contributed by atoms with Crippen LogP contribution in [0.25, 0.3) is 0 Å². The van der Waals surface area contributed by atoms with Crippen molar-refractivity contribution in [1.29, 1.82) is 0 Å². The Morgan fingerprint density at radius 3 is 2.55 bits per heavy atom. The Morgan fingerprint density at radius 1 is 1.30 bits per heavy atom. The van der Waals surface area contributed by atoms with E-state index in [2.05, 4.69) is 10.3 Å². The summed E-state index contributed by atoms with van der Waals surface area (Å²) in [5.41, 5.74) is 1.35. The van der Waals surface area contributed by atoms with Crippen molar-refractivity contribution in [1.82, 2.24) is 4.98 Å². The average molecular weight is 474 g/mol. The molecule has 4 atom stereocenters. The number of rotatable bonds is 5. The molecule has 3 rings (SSSR count). The van der Waals surface area contributed by atoms with E-state index in [0.29, 0.717) is 6.07 Å². The third-order valence-electron chi connectivity index (χ3n) is 5.76.